The standard InChI is InChI=1S/C22H30N4O3S/c1-3-29-21(28)9-8-20(27)23-15-18-10-12-26(13-11-18)22-24-19(25-30-22)14-17-6-4-16(2)5-7-17/h4-7,18H,3,8-15H2,1-2H3,(H,23,27). The van der Waals surface area contributed by atoms with Gasteiger partial charge in [0.15, 0.2) is 0 Å². The SMILES string of the molecule is CCOC(=O)CCC(=O)NCC1CCN(c2nc(Cc3ccc(C)cc3)ns2)CC1. The zero-order chi connectivity index (χ0) is 21.3. The fourth-order valence-electron chi connectivity index (χ4n) is 3.46. The Morgan fingerprint density at radius 2 is 1.93 bits per heavy atom. The molecule has 1 N–H and O–H groups in total. The summed E-state index contributed by atoms with van der Waals surface area (Å²) in [6, 6.07) is 8.48. The summed E-state index contributed by atoms with van der Waals surface area (Å²) in [7, 11) is 0. The van der Waals surface area contributed by atoms with Crippen LogP contribution in [0, 0.1) is 12.8 Å². The minimum atomic E-state index is -0.320. The number of aryl methyl sites for hydroxylation is 1. The number of amides is 1. The molecule has 0 saturated carbocycles. The summed E-state index contributed by atoms with van der Waals surface area (Å²) in [5, 5.41) is 3.93. The fraction of sp³-hybridized carbons (Fsp3) is 0.545. The number of nitrogens with zero attached hydrogens (tertiary/aromatic N) is 3. The van der Waals surface area contributed by atoms with Crippen LogP contribution in [-0.2, 0) is 20.7 Å². The van der Waals surface area contributed by atoms with Crippen LogP contribution < -0.4 is 10.2 Å². The van der Waals surface area contributed by atoms with Crippen LogP contribution in [0.25, 0.3) is 0 Å². The highest BCUT2D eigenvalue weighted by molar-refractivity contribution is 7.09. The minimum Gasteiger partial charge on any atom is -0.466 e. The van der Waals surface area contributed by atoms with Gasteiger partial charge in [-0.3, -0.25) is 9.59 Å². The van der Waals surface area contributed by atoms with E-state index in [-0.39, 0.29) is 24.7 Å². The molecule has 1 aliphatic rings. The lowest BCUT2D eigenvalue weighted by molar-refractivity contribution is -0.144. The van der Waals surface area contributed by atoms with E-state index in [2.05, 4.69) is 45.8 Å². The second-order valence-electron chi connectivity index (χ2n) is 7.70. The lowest BCUT2D eigenvalue weighted by atomic mass is 9.97. The number of aromatic nitrogens is 2. The van der Waals surface area contributed by atoms with Gasteiger partial charge in [-0.1, -0.05) is 29.8 Å². The van der Waals surface area contributed by atoms with Crippen LogP contribution in [0.2, 0.25) is 0 Å². The molecular formula is C22H30N4O3S. The van der Waals surface area contributed by atoms with Gasteiger partial charge >= 0.3 is 5.97 Å². The topological polar surface area (TPSA) is 84.4 Å². The second kappa shape index (κ2) is 11.1. The number of carbonyl (C=O) groups is 2. The summed E-state index contributed by atoms with van der Waals surface area (Å²) in [6.07, 6.45) is 3.09. The van der Waals surface area contributed by atoms with Crippen molar-refractivity contribution in [2.75, 3.05) is 31.1 Å². The van der Waals surface area contributed by atoms with Gasteiger partial charge in [-0.05, 0) is 38.2 Å². The zero-order valence-corrected chi connectivity index (χ0v) is 18.5. The molecule has 1 aromatic heterocycles. The van der Waals surface area contributed by atoms with E-state index >= 15 is 0 Å². The Morgan fingerprint density at radius 3 is 2.63 bits per heavy atom. The Kier molecular flexibility index (Phi) is 8.19. The maximum Gasteiger partial charge on any atom is 0.306 e. The molecule has 3 rings (SSSR count). The Balaban J connectivity index is 1.38. The van der Waals surface area contributed by atoms with Gasteiger partial charge in [-0.25, -0.2) is 4.98 Å². The van der Waals surface area contributed by atoms with Crippen LogP contribution in [0.4, 0.5) is 5.13 Å². The molecule has 1 fully saturated rings. The van der Waals surface area contributed by atoms with Crippen molar-refractivity contribution in [2.24, 2.45) is 5.92 Å². The average molecular weight is 431 g/mol. The number of benzene rings is 1. The van der Waals surface area contributed by atoms with E-state index in [1.807, 2.05) is 0 Å². The van der Waals surface area contributed by atoms with Gasteiger partial charge in [0.05, 0.1) is 13.0 Å². The van der Waals surface area contributed by atoms with E-state index in [0.29, 0.717) is 19.1 Å². The summed E-state index contributed by atoms with van der Waals surface area (Å²) < 4.78 is 9.38. The predicted octanol–water partition coefficient (Wildman–Crippen LogP) is 3.11. The van der Waals surface area contributed by atoms with Crippen LogP contribution in [0.5, 0.6) is 0 Å². The Morgan fingerprint density at radius 1 is 1.20 bits per heavy atom. The van der Waals surface area contributed by atoms with Gasteiger partial charge in [-0.15, -0.1) is 0 Å². The molecule has 1 aliphatic heterocycles. The third-order valence-corrected chi connectivity index (χ3v) is 6.09. The molecule has 7 nitrogen and oxygen atoms in total. The summed E-state index contributed by atoms with van der Waals surface area (Å²) in [4.78, 5) is 30.2. The van der Waals surface area contributed by atoms with Crippen molar-refractivity contribution in [2.45, 2.75) is 46.0 Å². The lowest BCUT2D eigenvalue weighted by Crippen LogP contribution is -2.38. The zero-order valence-electron chi connectivity index (χ0n) is 17.7. The van der Waals surface area contributed by atoms with Crippen LogP contribution in [0.1, 0.15) is 49.6 Å². The molecule has 0 spiro atoms. The van der Waals surface area contributed by atoms with Gasteiger partial charge in [0.25, 0.3) is 0 Å². The van der Waals surface area contributed by atoms with Crippen LogP contribution in [-0.4, -0.2) is 47.5 Å². The Hall–Kier alpha value is -2.48. The van der Waals surface area contributed by atoms with E-state index in [1.54, 1.807) is 6.92 Å². The van der Waals surface area contributed by atoms with E-state index in [0.717, 1.165) is 43.3 Å². The molecule has 162 valence electrons. The van der Waals surface area contributed by atoms with Crippen molar-refractivity contribution in [1.29, 1.82) is 0 Å². The van der Waals surface area contributed by atoms with Crippen molar-refractivity contribution < 1.29 is 14.3 Å². The highest BCUT2D eigenvalue weighted by atomic mass is 32.1. The van der Waals surface area contributed by atoms with Crippen LogP contribution >= 0.6 is 11.5 Å². The molecule has 1 aromatic carbocycles. The molecule has 2 heterocycles. The normalized spacial score (nSPS) is 14.5. The molecule has 0 radical (unpaired) electrons. The molecule has 1 saturated heterocycles. The van der Waals surface area contributed by atoms with Crippen molar-refractivity contribution >= 4 is 28.5 Å². The van der Waals surface area contributed by atoms with Crippen molar-refractivity contribution in [1.82, 2.24) is 14.7 Å². The van der Waals surface area contributed by atoms with E-state index in [1.165, 1.54) is 22.7 Å². The first-order valence-corrected chi connectivity index (χ1v) is 11.4. The number of rotatable bonds is 9. The maximum absolute atomic E-state index is 11.9. The third kappa shape index (κ3) is 6.79. The Labute approximate surface area is 182 Å². The largest absolute Gasteiger partial charge is 0.466 e. The highest BCUT2D eigenvalue weighted by Crippen LogP contribution is 2.25. The molecule has 0 aliphatic carbocycles. The van der Waals surface area contributed by atoms with Crippen molar-refractivity contribution in [3.05, 3.63) is 41.2 Å². The van der Waals surface area contributed by atoms with Gasteiger partial charge < -0.3 is 15.0 Å². The fourth-order valence-corrected chi connectivity index (χ4v) is 4.19. The molecule has 0 unspecified atom stereocenters. The van der Waals surface area contributed by atoms with Crippen molar-refractivity contribution in [3.63, 3.8) is 0 Å². The first kappa shape index (κ1) is 22.2. The quantitative estimate of drug-likeness (QED) is 0.616. The van der Waals surface area contributed by atoms with Gasteiger partial charge in [0.2, 0.25) is 11.0 Å². The number of esters is 1. The third-order valence-electron chi connectivity index (χ3n) is 5.27. The summed E-state index contributed by atoms with van der Waals surface area (Å²) in [5.41, 5.74) is 2.48. The molecule has 30 heavy (non-hydrogen) atoms. The number of ether oxygens (including phenoxy) is 1. The molecule has 1 amide bonds. The predicted molar refractivity (Wildman–Crippen MR) is 118 cm³/mol. The molecular weight excluding hydrogens is 400 g/mol. The number of piperidine rings is 1. The lowest BCUT2D eigenvalue weighted by Gasteiger charge is -2.31. The van der Waals surface area contributed by atoms with Gasteiger partial charge in [-0.2, -0.15) is 4.37 Å². The van der Waals surface area contributed by atoms with E-state index < -0.39 is 0 Å². The maximum atomic E-state index is 11.9. The Bertz CT molecular complexity index is 829. The highest BCUT2D eigenvalue weighted by Gasteiger charge is 2.22. The molecule has 0 bridgehead atoms. The molecule has 8 heteroatoms. The smallest absolute Gasteiger partial charge is 0.306 e. The van der Waals surface area contributed by atoms with Crippen LogP contribution in [0.3, 0.4) is 0 Å². The summed E-state index contributed by atoms with van der Waals surface area (Å²) >= 11 is 1.46. The molecule has 2 aromatic rings. The monoisotopic (exact) mass is 430 g/mol. The number of hydrogen-bond donors (Lipinski definition) is 1. The molecule has 0 atom stereocenters. The first-order chi connectivity index (χ1) is 14.5. The second-order valence-corrected chi connectivity index (χ2v) is 8.43. The average Bonchev–Trinajstić information content (AvgIpc) is 3.21. The number of carbonyl (C=O) groups excluding carboxylic acids is 2. The van der Waals surface area contributed by atoms with Crippen molar-refractivity contribution in [3.8, 4) is 0 Å². The number of anilines is 1. The van der Waals surface area contributed by atoms with Crippen LogP contribution in [0.15, 0.2) is 24.3 Å². The number of hydrogen-bond acceptors (Lipinski definition) is 7. The van der Waals surface area contributed by atoms with Gasteiger partial charge in [0, 0.05) is 44.0 Å². The van der Waals surface area contributed by atoms with Gasteiger partial charge in [0.1, 0.15) is 5.82 Å². The summed E-state index contributed by atoms with van der Waals surface area (Å²) in [6.45, 7) is 6.69. The van der Waals surface area contributed by atoms with E-state index in [9.17, 15) is 9.59 Å². The summed E-state index contributed by atoms with van der Waals surface area (Å²) in [5.74, 6) is 0.915. The minimum absolute atomic E-state index is 0.0876. The van der Waals surface area contributed by atoms with E-state index in [4.69, 9.17) is 9.72 Å². The first-order valence-electron chi connectivity index (χ1n) is 10.6. The number of nitrogens with one attached hydrogen (secondary N) is 1.